The van der Waals surface area contributed by atoms with Gasteiger partial charge < -0.3 is 10.1 Å². The minimum Gasteiger partial charge on any atom is -0.476 e. The lowest BCUT2D eigenvalue weighted by Crippen LogP contribution is -2.48. The van der Waals surface area contributed by atoms with Crippen molar-refractivity contribution in [1.82, 2.24) is 0 Å². The molecule has 0 aromatic heterocycles. The number of fused-ring (bicyclic) bond motifs is 1. The van der Waals surface area contributed by atoms with Crippen molar-refractivity contribution in [1.29, 1.82) is 0 Å². The summed E-state index contributed by atoms with van der Waals surface area (Å²) in [6.45, 7) is 3.62. The number of nitrogens with one attached hydrogen (secondary N) is 1. The maximum absolute atomic E-state index is 13.4. The van der Waals surface area contributed by atoms with Crippen LogP contribution in [-0.2, 0) is 14.8 Å². The van der Waals surface area contributed by atoms with Crippen LogP contribution in [0.4, 0.5) is 11.4 Å². The largest absolute Gasteiger partial charge is 0.476 e. The van der Waals surface area contributed by atoms with E-state index in [0.717, 1.165) is 11.1 Å². The molecule has 3 aromatic rings. The fraction of sp³-hybridized carbons (Fsp3) is 0.174. The van der Waals surface area contributed by atoms with E-state index in [1.807, 2.05) is 19.9 Å². The summed E-state index contributed by atoms with van der Waals surface area (Å²) < 4.78 is 34.0. The summed E-state index contributed by atoms with van der Waals surface area (Å²) in [7, 11) is -3.89. The summed E-state index contributed by atoms with van der Waals surface area (Å²) in [6.07, 6.45) is -1.02. The molecule has 1 N–H and O–H groups in total. The van der Waals surface area contributed by atoms with Gasteiger partial charge in [0.15, 0.2) is 6.10 Å². The minimum absolute atomic E-state index is 0.147. The van der Waals surface area contributed by atoms with Gasteiger partial charge in [0.1, 0.15) is 5.75 Å². The third kappa shape index (κ3) is 4.38. The van der Waals surface area contributed by atoms with Crippen LogP contribution in [0.25, 0.3) is 0 Å². The van der Waals surface area contributed by atoms with E-state index in [4.69, 9.17) is 16.3 Å². The highest BCUT2D eigenvalue weighted by Gasteiger charge is 2.37. The van der Waals surface area contributed by atoms with Crippen molar-refractivity contribution in [3.05, 3.63) is 82.9 Å². The number of aryl methyl sites for hydroxylation is 2. The number of hydrogen-bond acceptors (Lipinski definition) is 4. The molecule has 0 saturated carbocycles. The fourth-order valence-corrected chi connectivity index (χ4v) is 4.92. The Morgan fingerprint density at radius 3 is 2.32 bits per heavy atom. The highest BCUT2D eigenvalue weighted by atomic mass is 35.5. The van der Waals surface area contributed by atoms with E-state index in [1.54, 1.807) is 60.7 Å². The number of rotatable bonds is 4. The molecule has 1 amide bonds. The fourth-order valence-electron chi connectivity index (χ4n) is 3.32. The second kappa shape index (κ2) is 8.24. The van der Waals surface area contributed by atoms with Crippen LogP contribution >= 0.6 is 11.6 Å². The second-order valence-corrected chi connectivity index (χ2v) is 9.72. The number of sulfonamides is 1. The van der Waals surface area contributed by atoms with Crippen LogP contribution in [0.1, 0.15) is 11.1 Å². The summed E-state index contributed by atoms with van der Waals surface area (Å²) in [5, 5.41) is 3.31. The summed E-state index contributed by atoms with van der Waals surface area (Å²) in [4.78, 5) is 13.1. The van der Waals surface area contributed by atoms with Crippen LogP contribution in [0.3, 0.4) is 0 Å². The number of halogens is 1. The first-order valence-corrected chi connectivity index (χ1v) is 11.5. The lowest BCUT2D eigenvalue weighted by atomic mass is 10.1. The van der Waals surface area contributed by atoms with Crippen molar-refractivity contribution >= 4 is 38.9 Å². The summed E-state index contributed by atoms with van der Waals surface area (Å²) in [5.41, 5.74) is 2.80. The van der Waals surface area contributed by atoms with E-state index in [-0.39, 0.29) is 11.4 Å². The number of ether oxygens (including phenoxy) is 1. The molecule has 0 spiro atoms. The first-order chi connectivity index (χ1) is 14.7. The smallest absolute Gasteiger partial charge is 0.267 e. The number of carbonyl (C=O) groups is 1. The molecule has 3 aromatic carbocycles. The second-order valence-electron chi connectivity index (χ2n) is 7.42. The first-order valence-electron chi connectivity index (χ1n) is 9.67. The average molecular weight is 457 g/mol. The zero-order valence-electron chi connectivity index (χ0n) is 17.0. The maximum atomic E-state index is 13.4. The molecule has 31 heavy (non-hydrogen) atoms. The van der Waals surface area contributed by atoms with Gasteiger partial charge in [-0.3, -0.25) is 9.10 Å². The number of hydrogen-bond donors (Lipinski definition) is 1. The molecule has 0 bridgehead atoms. The van der Waals surface area contributed by atoms with Crippen LogP contribution in [0.2, 0.25) is 5.02 Å². The first kappa shape index (κ1) is 21.2. The molecule has 8 heteroatoms. The van der Waals surface area contributed by atoms with Crippen LogP contribution in [0.5, 0.6) is 5.75 Å². The maximum Gasteiger partial charge on any atom is 0.267 e. The molecule has 0 radical (unpaired) electrons. The van der Waals surface area contributed by atoms with Gasteiger partial charge in [-0.1, -0.05) is 35.4 Å². The Morgan fingerprint density at radius 2 is 1.65 bits per heavy atom. The van der Waals surface area contributed by atoms with E-state index >= 15 is 0 Å². The topological polar surface area (TPSA) is 75.7 Å². The molecule has 1 atom stereocenters. The Hall–Kier alpha value is -3.03. The van der Waals surface area contributed by atoms with Gasteiger partial charge in [0, 0.05) is 10.7 Å². The molecule has 4 rings (SSSR count). The van der Waals surface area contributed by atoms with Crippen LogP contribution in [0.15, 0.2) is 71.6 Å². The number of carbonyl (C=O) groups excluding carboxylic acids is 1. The SMILES string of the molecule is Cc1ccc(S(=O)(=O)N2CC(C(=O)Nc3ccc(Cl)cc3)Oc3cc(C)ccc32)cc1. The van der Waals surface area contributed by atoms with Crippen LogP contribution in [-0.4, -0.2) is 27.0 Å². The van der Waals surface area contributed by atoms with Crippen molar-refractivity contribution in [3.8, 4) is 5.75 Å². The molecule has 0 fully saturated rings. The Kier molecular flexibility index (Phi) is 5.64. The predicted octanol–water partition coefficient (Wildman–Crippen LogP) is 4.55. The quantitative estimate of drug-likeness (QED) is 0.624. The van der Waals surface area contributed by atoms with Gasteiger partial charge in [-0.2, -0.15) is 0 Å². The molecule has 1 unspecified atom stereocenters. The number of benzene rings is 3. The molecular weight excluding hydrogens is 436 g/mol. The van der Waals surface area contributed by atoms with Gasteiger partial charge in [-0.15, -0.1) is 0 Å². The summed E-state index contributed by atoms with van der Waals surface area (Å²) in [5.74, 6) is -0.100. The van der Waals surface area contributed by atoms with Gasteiger partial charge in [-0.05, 0) is 67.9 Å². The Bertz CT molecular complexity index is 1230. The highest BCUT2D eigenvalue weighted by Crippen LogP contribution is 2.38. The van der Waals surface area contributed by atoms with Crippen molar-refractivity contribution in [2.45, 2.75) is 24.8 Å². The Morgan fingerprint density at radius 1 is 1.00 bits per heavy atom. The zero-order chi connectivity index (χ0) is 22.2. The van der Waals surface area contributed by atoms with E-state index in [1.165, 1.54) is 4.31 Å². The van der Waals surface area contributed by atoms with E-state index in [0.29, 0.717) is 22.1 Å². The van der Waals surface area contributed by atoms with Crippen molar-refractivity contribution in [2.75, 3.05) is 16.2 Å². The monoisotopic (exact) mass is 456 g/mol. The molecule has 0 saturated heterocycles. The van der Waals surface area contributed by atoms with Gasteiger partial charge >= 0.3 is 0 Å². The van der Waals surface area contributed by atoms with Crippen LogP contribution < -0.4 is 14.4 Å². The normalized spacial score (nSPS) is 15.7. The lowest BCUT2D eigenvalue weighted by Gasteiger charge is -2.35. The minimum atomic E-state index is -3.89. The van der Waals surface area contributed by atoms with E-state index < -0.39 is 22.0 Å². The van der Waals surface area contributed by atoms with Gasteiger partial charge in [-0.25, -0.2) is 8.42 Å². The van der Waals surface area contributed by atoms with Crippen molar-refractivity contribution < 1.29 is 17.9 Å². The van der Waals surface area contributed by atoms with Crippen LogP contribution in [0, 0.1) is 13.8 Å². The predicted molar refractivity (Wildman–Crippen MR) is 121 cm³/mol. The molecule has 0 aliphatic carbocycles. The number of anilines is 2. The lowest BCUT2D eigenvalue weighted by molar-refractivity contribution is -0.122. The van der Waals surface area contributed by atoms with Crippen molar-refractivity contribution in [3.63, 3.8) is 0 Å². The van der Waals surface area contributed by atoms with E-state index in [9.17, 15) is 13.2 Å². The summed E-state index contributed by atoms with van der Waals surface area (Å²) in [6, 6.07) is 18.5. The molecule has 6 nitrogen and oxygen atoms in total. The third-order valence-corrected chi connectivity index (χ3v) is 7.04. The summed E-state index contributed by atoms with van der Waals surface area (Å²) >= 11 is 5.89. The van der Waals surface area contributed by atoms with E-state index in [2.05, 4.69) is 5.32 Å². The molecule has 160 valence electrons. The highest BCUT2D eigenvalue weighted by molar-refractivity contribution is 7.92. The van der Waals surface area contributed by atoms with Crippen molar-refractivity contribution in [2.24, 2.45) is 0 Å². The standard InChI is InChI=1S/C23H21ClN2O4S/c1-15-3-10-19(11-4-15)31(28,29)26-14-22(30-21-13-16(2)5-12-20(21)26)23(27)25-18-8-6-17(24)7-9-18/h3-13,22H,14H2,1-2H3,(H,25,27). The molecule has 1 aliphatic rings. The third-order valence-electron chi connectivity index (χ3n) is 5.00. The van der Waals surface area contributed by atoms with Gasteiger partial charge in [0.2, 0.25) is 0 Å². The van der Waals surface area contributed by atoms with Gasteiger partial charge in [0.05, 0.1) is 17.1 Å². The molecular formula is C23H21ClN2O4S. The Balaban J connectivity index is 1.69. The van der Waals surface area contributed by atoms with Gasteiger partial charge in [0.25, 0.3) is 15.9 Å². The number of amides is 1. The Labute approximate surface area is 186 Å². The zero-order valence-corrected chi connectivity index (χ0v) is 18.6. The molecule has 1 heterocycles. The average Bonchev–Trinajstić information content (AvgIpc) is 2.74. The molecule has 1 aliphatic heterocycles. The number of nitrogens with zero attached hydrogens (tertiary/aromatic N) is 1.